The van der Waals surface area contributed by atoms with Crippen molar-refractivity contribution in [3.63, 3.8) is 0 Å². The highest BCUT2D eigenvalue weighted by Crippen LogP contribution is 2.37. The Bertz CT molecular complexity index is 628. The van der Waals surface area contributed by atoms with Gasteiger partial charge in [0.1, 0.15) is 0 Å². The number of nitrogens with one attached hydrogen (secondary N) is 1. The van der Waals surface area contributed by atoms with Crippen LogP contribution in [0.4, 0.5) is 17.1 Å². The molecular weight excluding hydrogens is 324 g/mol. The standard InChI is InChI=1S/C15H14BrClN2/c1-10-2-4-12(9-13(10)17)19-7-6-18-14-8-11(16)3-5-15(14)19/h2-5,8-9,18H,6-7H2,1H3. The van der Waals surface area contributed by atoms with E-state index < -0.39 is 0 Å². The van der Waals surface area contributed by atoms with Crippen molar-refractivity contribution in [1.82, 2.24) is 0 Å². The van der Waals surface area contributed by atoms with E-state index in [1.807, 2.05) is 13.0 Å². The summed E-state index contributed by atoms with van der Waals surface area (Å²) in [7, 11) is 0. The molecule has 0 unspecified atom stereocenters. The lowest BCUT2D eigenvalue weighted by atomic mass is 10.1. The van der Waals surface area contributed by atoms with Crippen LogP contribution in [0.25, 0.3) is 0 Å². The first-order chi connectivity index (χ1) is 9.15. The lowest BCUT2D eigenvalue weighted by Crippen LogP contribution is -2.30. The first-order valence-electron chi connectivity index (χ1n) is 6.22. The zero-order chi connectivity index (χ0) is 13.4. The molecule has 98 valence electrons. The highest BCUT2D eigenvalue weighted by atomic mass is 79.9. The fourth-order valence-electron chi connectivity index (χ4n) is 2.33. The third-order valence-electron chi connectivity index (χ3n) is 3.37. The second-order valence-electron chi connectivity index (χ2n) is 4.67. The van der Waals surface area contributed by atoms with Gasteiger partial charge < -0.3 is 10.2 Å². The minimum atomic E-state index is 0.815. The number of halogens is 2. The van der Waals surface area contributed by atoms with Crippen molar-refractivity contribution in [1.29, 1.82) is 0 Å². The van der Waals surface area contributed by atoms with Crippen molar-refractivity contribution in [2.24, 2.45) is 0 Å². The molecule has 0 bridgehead atoms. The summed E-state index contributed by atoms with van der Waals surface area (Å²) in [4.78, 5) is 2.30. The summed E-state index contributed by atoms with van der Waals surface area (Å²) in [6, 6.07) is 12.5. The molecule has 0 aliphatic carbocycles. The Hall–Kier alpha value is -1.19. The maximum atomic E-state index is 6.24. The number of anilines is 3. The minimum absolute atomic E-state index is 0.815. The van der Waals surface area contributed by atoms with Gasteiger partial charge in [-0.1, -0.05) is 33.6 Å². The number of hydrogen-bond donors (Lipinski definition) is 1. The lowest BCUT2D eigenvalue weighted by Gasteiger charge is -2.32. The predicted octanol–water partition coefficient (Wildman–Crippen LogP) is 4.97. The largest absolute Gasteiger partial charge is 0.382 e. The van der Waals surface area contributed by atoms with Crippen molar-refractivity contribution in [2.45, 2.75) is 6.92 Å². The van der Waals surface area contributed by atoms with E-state index in [1.165, 1.54) is 5.69 Å². The topological polar surface area (TPSA) is 15.3 Å². The zero-order valence-corrected chi connectivity index (χ0v) is 12.9. The molecule has 0 fully saturated rings. The maximum Gasteiger partial charge on any atom is 0.0647 e. The molecule has 1 N–H and O–H groups in total. The molecule has 4 heteroatoms. The molecule has 19 heavy (non-hydrogen) atoms. The summed E-state index contributed by atoms with van der Waals surface area (Å²) >= 11 is 9.74. The fourth-order valence-corrected chi connectivity index (χ4v) is 2.86. The quantitative estimate of drug-likeness (QED) is 0.790. The first kappa shape index (κ1) is 12.8. The van der Waals surface area contributed by atoms with Crippen molar-refractivity contribution in [3.8, 4) is 0 Å². The SMILES string of the molecule is Cc1ccc(N2CCNc3cc(Br)ccc32)cc1Cl. The van der Waals surface area contributed by atoms with Crippen molar-refractivity contribution in [3.05, 3.63) is 51.5 Å². The van der Waals surface area contributed by atoms with Crippen LogP contribution >= 0.6 is 27.5 Å². The Balaban J connectivity index is 2.05. The molecular formula is C15H14BrClN2. The molecule has 0 atom stereocenters. The van der Waals surface area contributed by atoms with E-state index in [0.29, 0.717) is 0 Å². The fraction of sp³-hybridized carbons (Fsp3) is 0.200. The summed E-state index contributed by atoms with van der Waals surface area (Å²) in [5, 5.41) is 4.24. The van der Waals surface area contributed by atoms with Gasteiger partial charge in [0.25, 0.3) is 0 Å². The van der Waals surface area contributed by atoms with Crippen LogP contribution in [0.2, 0.25) is 5.02 Å². The van der Waals surface area contributed by atoms with Crippen molar-refractivity contribution >= 4 is 44.6 Å². The number of hydrogen-bond acceptors (Lipinski definition) is 2. The van der Waals surface area contributed by atoms with Crippen LogP contribution in [0.5, 0.6) is 0 Å². The summed E-state index contributed by atoms with van der Waals surface area (Å²) in [5.74, 6) is 0. The van der Waals surface area contributed by atoms with E-state index in [9.17, 15) is 0 Å². The van der Waals surface area contributed by atoms with Gasteiger partial charge in [0.05, 0.1) is 11.4 Å². The molecule has 2 nitrogen and oxygen atoms in total. The number of benzene rings is 2. The number of fused-ring (bicyclic) bond motifs is 1. The highest BCUT2D eigenvalue weighted by molar-refractivity contribution is 9.10. The molecule has 0 spiro atoms. The van der Waals surface area contributed by atoms with Gasteiger partial charge in [0, 0.05) is 28.3 Å². The van der Waals surface area contributed by atoms with Gasteiger partial charge in [-0.3, -0.25) is 0 Å². The normalized spacial score (nSPS) is 13.9. The van der Waals surface area contributed by atoms with Crippen LogP contribution in [0.1, 0.15) is 5.56 Å². The molecule has 1 aliphatic rings. The number of rotatable bonds is 1. The second kappa shape index (κ2) is 5.06. The second-order valence-corrected chi connectivity index (χ2v) is 6.00. The molecule has 1 aliphatic heterocycles. The summed E-state index contributed by atoms with van der Waals surface area (Å²) in [5.41, 5.74) is 4.59. The predicted molar refractivity (Wildman–Crippen MR) is 85.8 cm³/mol. The monoisotopic (exact) mass is 336 g/mol. The number of nitrogens with zero attached hydrogens (tertiary/aromatic N) is 1. The molecule has 0 amide bonds. The summed E-state index contributed by atoms with van der Waals surface area (Å²) < 4.78 is 1.09. The maximum absolute atomic E-state index is 6.24. The first-order valence-corrected chi connectivity index (χ1v) is 7.39. The minimum Gasteiger partial charge on any atom is -0.382 e. The van der Waals surface area contributed by atoms with E-state index in [-0.39, 0.29) is 0 Å². The molecule has 2 aromatic carbocycles. The van der Waals surface area contributed by atoms with Gasteiger partial charge in [-0.15, -0.1) is 0 Å². The average Bonchev–Trinajstić information content (AvgIpc) is 2.41. The van der Waals surface area contributed by atoms with E-state index in [4.69, 9.17) is 11.6 Å². The molecule has 0 aromatic heterocycles. The Morgan fingerprint density at radius 1 is 1.21 bits per heavy atom. The smallest absolute Gasteiger partial charge is 0.0647 e. The molecule has 2 aromatic rings. The summed E-state index contributed by atoms with van der Waals surface area (Å²) in [6.45, 7) is 3.89. The average molecular weight is 338 g/mol. The molecule has 0 saturated heterocycles. The highest BCUT2D eigenvalue weighted by Gasteiger charge is 2.18. The Morgan fingerprint density at radius 3 is 2.84 bits per heavy atom. The van der Waals surface area contributed by atoms with Crippen molar-refractivity contribution < 1.29 is 0 Å². The third kappa shape index (κ3) is 2.45. The van der Waals surface area contributed by atoms with Gasteiger partial charge in [-0.25, -0.2) is 0 Å². The third-order valence-corrected chi connectivity index (χ3v) is 4.27. The van der Waals surface area contributed by atoms with E-state index in [1.54, 1.807) is 0 Å². The van der Waals surface area contributed by atoms with Gasteiger partial charge in [0.2, 0.25) is 0 Å². The number of aryl methyl sites for hydroxylation is 1. The van der Waals surface area contributed by atoms with Gasteiger partial charge in [-0.05, 0) is 42.8 Å². The van der Waals surface area contributed by atoms with Crippen LogP contribution in [0.15, 0.2) is 40.9 Å². The Kier molecular flexibility index (Phi) is 3.42. The molecule has 1 heterocycles. The Morgan fingerprint density at radius 2 is 2.05 bits per heavy atom. The lowest BCUT2D eigenvalue weighted by molar-refractivity contribution is 0.926. The van der Waals surface area contributed by atoms with Crippen LogP contribution in [-0.4, -0.2) is 13.1 Å². The van der Waals surface area contributed by atoms with Crippen LogP contribution < -0.4 is 10.2 Å². The molecule has 3 rings (SSSR count). The Labute approximate surface area is 126 Å². The zero-order valence-electron chi connectivity index (χ0n) is 10.6. The molecule has 0 saturated carbocycles. The van der Waals surface area contributed by atoms with Crippen LogP contribution in [0.3, 0.4) is 0 Å². The van der Waals surface area contributed by atoms with Gasteiger partial charge >= 0.3 is 0 Å². The summed E-state index contributed by atoms with van der Waals surface area (Å²) in [6.07, 6.45) is 0. The van der Waals surface area contributed by atoms with E-state index >= 15 is 0 Å². The van der Waals surface area contributed by atoms with Gasteiger partial charge in [-0.2, -0.15) is 0 Å². The van der Waals surface area contributed by atoms with E-state index in [0.717, 1.165) is 39.5 Å². The van der Waals surface area contributed by atoms with Crippen LogP contribution in [-0.2, 0) is 0 Å². The van der Waals surface area contributed by atoms with Crippen LogP contribution in [0, 0.1) is 6.92 Å². The molecule has 0 radical (unpaired) electrons. The van der Waals surface area contributed by atoms with E-state index in [2.05, 4.69) is 56.5 Å². The van der Waals surface area contributed by atoms with Gasteiger partial charge in [0.15, 0.2) is 0 Å². The van der Waals surface area contributed by atoms with Crippen molar-refractivity contribution in [2.75, 3.05) is 23.3 Å².